The van der Waals surface area contributed by atoms with Gasteiger partial charge in [0.25, 0.3) is 5.91 Å². The van der Waals surface area contributed by atoms with Gasteiger partial charge < -0.3 is 15.2 Å². The largest absolute Gasteiger partial charge is 0.504 e. The number of nitrogens with zero attached hydrogens (tertiary/aromatic N) is 1. The summed E-state index contributed by atoms with van der Waals surface area (Å²) in [5, 5.41) is 12.1. The number of aromatic nitrogens is 1. The standard InChI is InChI=1S/C14H14N2O3/c1-9-3-6-13(15-8-9)16-14(18)10-4-5-11(17)12(7-10)19-2/h3-8,17H,1-2H3,(H,15,16,18). The predicted octanol–water partition coefficient (Wildman–Crippen LogP) is 2.36. The van der Waals surface area contributed by atoms with Gasteiger partial charge in [0.05, 0.1) is 7.11 Å². The number of amides is 1. The minimum Gasteiger partial charge on any atom is -0.504 e. The fourth-order valence-electron chi connectivity index (χ4n) is 1.55. The average molecular weight is 258 g/mol. The quantitative estimate of drug-likeness (QED) is 0.886. The van der Waals surface area contributed by atoms with Crippen molar-refractivity contribution < 1.29 is 14.6 Å². The Hall–Kier alpha value is -2.56. The Morgan fingerprint density at radius 2 is 2.11 bits per heavy atom. The van der Waals surface area contributed by atoms with Crippen LogP contribution in [0.4, 0.5) is 5.82 Å². The van der Waals surface area contributed by atoms with Crippen LogP contribution in [0, 0.1) is 6.92 Å². The molecule has 0 atom stereocenters. The van der Waals surface area contributed by atoms with Crippen LogP contribution in [0.3, 0.4) is 0 Å². The van der Waals surface area contributed by atoms with E-state index < -0.39 is 0 Å². The monoisotopic (exact) mass is 258 g/mol. The van der Waals surface area contributed by atoms with Crippen molar-refractivity contribution in [2.45, 2.75) is 6.92 Å². The van der Waals surface area contributed by atoms with Crippen molar-refractivity contribution in [2.75, 3.05) is 12.4 Å². The third kappa shape index (κ3) is 3.01. The number of anilines is 1. The number of phenolic OH excluding ortho intramolecular Hbond substituents is 1. The van der Waals surface area contributed by atoms with Crippen LogP contribution in [0.25, 0.3) is 0 Å². The lowest BCUT2D eigenvalue weighted by atomic mass is 10.2. The van der Waals surface area contributed by atoms with Crippen LogP contribution in [0.2, 0.25) is 0 Å². The molecule has 0 aliphatic carbocycles. The van der Waals surface area contributed by atoms with Crippen LogP contribution in [0.1, 0.15) is 15.9 Å². The van der Waals surface area contributed by atoms with Crippen LogP contribution in [-0.4, -0.2) is 23.1 Å². The molecule has 1 aromatic heterocycles. The highest BCUT2D eigenvalue weighted by Crippen LogP contribution is 2.26. The lowest BCUT2D eigenvalue weighted by molar-refractivity contribution is 0.102. The van der Waals surface area contributed by atoms with E-state index in [1.165, 1.54) is 25.3 Å². The van der Waals surface area contributed by atoms with Crippen molar-refractivity contribution in [3.63, 3.8) is 0 Å². The molecule has 19 heavy (non-hydrogen) atoms. The van der Waals surface area contributed by atoms with E-state index in [2.05, 4.69) is 10.3 Å². The Labute approximate surface area is 110 Å². The molecule has 0 aliphatic heterocycles. The molecule has 0 aliphatic rings. The number of aromatic hydroxyl groups is 1. The molecule has 2 aromatic rings. The zero-order valence-electron chi connectivity index (χ0n) is 10.7. The Balaban J connectivity index is 2.18. The molecule has 0 unspecified atom stereocenters. The second-order valence-corrected chi connectivity index (χ2v) is 4.06. The highest BCUT2D eigenvalue weighted by molar-refractivity contribution is 6.04. The van der Waals surface area contributed by atoms with E-state index in [0.29, 0.717) is 11.4 Å². The highest BCUT2D eigenvalue weighted by atomic mass is 16.5. The highest BCUT2D eigenvalue weighted by Gasteiger charge is 2.10. The number of ether oxygens (including phenoxy) is 1. The molecule has 2 rings (SSSR count). The number of methoxy groups -OCH3 is 1. The molecular weight excluding hydrogens is 244 g/mol. The molecule has 98 valence electrons. The molecule has 0 fully saturated rings. The molecule has 0 radical (unpaired) electrons. The summed E-state index contributed by atoms with van der Waals surface area (Å²) in [5.41, 5.74) is 1.40. The summed E-state index contributed by atoms with van der Waals surface area (Å²) in [6.07, 6.45) is 1.67. The minimum atomic E-state index is -0.311. The molecule has 1 heterocycles. The second kappa shape index (κ2) is 5.39. The summed E-state index contributed by atoms with van der Waals surface area (Å²) in [6.45, 7) is 1.92. The number of pyridine rings is 1. The van der Waals surface area contributed by atoms with Gasteiger partial charge in [0.1, 0.15) is 5.82 Å². The smallest absolute Gasteiger partial charge is 0.256 e. The third-order valence-electron chi connectivity index (χ3n) is 2.59. The van der Waals surface area contributed by atoms with Gasteiger partial charge >= 0.3 is 0 Å². The summed E-state index contributed by atoms with van der Waals surface area (Å²) in [4.78, 5) is 16.1. The van der Waals surface area contributed by atoms with E-state index in [-0.39, 0.29) is 17.4 Å². The van der Waals surface area contributed by atoms with Gasteiger partial charge in [-0.25, -0.2) is 4.98 Å². The first-order valence-electron chi connectivity index (χ1n) is 5.71. The normalized spacial score (nSPS) is 10.0. The van der Waals surface area contributed by atoms with Gasteiger partial charge in [-0.15, -0.1) is 0 Å². The maximum atomic E-state index is 12.0. The van der Waals surface area contributed by atoms with Crippen molar-refractivity contribution in [1.82, 2.24) is 4.98 Å². The number of carbonyl (C=O) groups is 1. The van der Waals surface area contributed by atoms with Gasteiger partial charge in [-0.2, -0.15) is 0 Å². The van der Waals surface area contributed by atoms with Gasteiger partial charge in [-0.1, -0.05) is 6.07 Å². The van der Waals surface area contributed by atoms with Crippen molar-refractivity contribution in [2.24, 2.45) is 0 Å². The number of benzene rings is 1. The fourth-order valence-corrected chi connectivity index (χ4v) is 1.55. The molecule has 0 spiro atoms. The zero-order valence-corrected chi connectivity index (χ0v) is 10.7. The molecule has 0 saturated heterocycles. The van der Waals surface area contributed by atoms with E-state index in [4.69, 9.17) is 4.74 Å². The zero-order chi connectivity index (χ0) is 13.8. The van der Waals surface area contributed by atoms with E-state index in [0.717, 1.165) is 5.56 Å². The number of nitrogens with one attached hydrogen (secondary N) is 1. The van der Waals surface area contributed by atoms with Crippen molar-refractivity contribution in [3.8, 4) is 11.5 Å². The average Bonchev–Trinajstić information content (AvgIpc) is 2.42. The first-order valence-corrected chi connectivity index (χ1v) is 5.71. The van der Waals surface area contributed by atoms with E-state index in [1.54, 1.807) is 12.3 Å². The molecule has 1 aromatic carbocycles. The SMILES string of the molecule is COc1cc(C(=O)Nc2ccc(C)cn2)ccc1O. The summed E-state index contributed by atoms with van der Waals surface area (Å²) in [6, 6.07) is 7.99. The van der Waals surface area contributed by atoms with Crippen LogP contribution < -0.4 is 10.1 Å². The minimum absolute atomic E-state index is 0.00693. The molecule has 2 N–H and O–H groups in total. The topological polar surface area (TPSA) is 71.5 Å². The second-order valence-electron chi connectivity index (χ2n) is 4.06. The Kier molecular flexibility index (Phi) is 3.66. The predicted molar refractivity (Wildman–Crippen MR) is 71.6 cm³/mol. The molecule has 0 bridgehead atoms. The molecular formula is C14H14N2O3. The maximum Gasteiger partial charge on any atom is 0.256 e. The van der Waals surface area contributed by atoms with Gasteiger partial charge in [0.15, 0.2) is 11.5 Å². The van der Waals surface area contributed by atoms with Crippen molar-refractivity contribution in [1.29, 1.82) is 0 Å². The number of phenols is 1. The summed E-state index contributed by atoms with van der Waals surface area (Å²) in [5.74, 6) is 0.411. The first-order chi connectivity index (χ1) is 9.10. The first kappa shape index (κ1) is 12.9. The van der Waals surface area contributed by atoms with Crippen LogP contribution in [0.5, 0.6) is 11.5 Å². The Morgan fingerprint density at radius 3 is 2.74 bits per heavy atom. The van der Waals surface area contributed by atoms with E-state index in [9.17, 15) is 9.90 Å². The van der Waals surface area contributed by atoms with E-state index in [1.807, 2.05) is 13.0 Å². The third-order valence-corrected chi connectivity index (χ3v) is 2.59. The number of aryl methyl sites for hydroxylation is 1. The summed E-state index contributed by atoms with van der Waals surface area (Å²) in [7, 11) is 1.43. The van der Waals surface area contributed by atoms with Crippen LogP contribution in [-0.2, 0) is 0 Å². The lowest BCUT2D eigenvalue weighted by Gasteiger charge is -2.07. The van der Waals surface area contributed by atoms with Gasteiger partial charge in [-0.3, -0.25) is 4.79 Å². The number of carbonyl (C=O) groups excluding carboxylic acids is 1. The van der Waals surface area contributed by atoms with Crippen molar-refractivity contribution >= 4 is 11.7 Å². The number of hydrogen-bond donors (Lipinski definition) is 2. The summed E-state index contributed by atoms with van der Waals surface area (Å²) >= 11 is 0. The van der Waals surface area contributed by atoms with Gasteiger partial charge in [0, 0.05) is 11.8 Å². The molecule has 5 nitrogen and oxygen atoms in total. The maximum absolute atomic E-state index is 12.0. The van der Waals surface area contributed by atoms with Crippen LogP contribution >= 0.6 is 0 Å². The Morgan fingerprint density at radius 1 is 1.32 bits per heavy atom. The molecule has 5 heteroatoms. The lowest BCUT2D eigenvalue weighted by Crippen LogP contribution is -2.12. The molecule has 1 amide bonds. The molecule has 0 saturated carbocycles. The van der Waals surface area contributed by atoms with Crippen LogP contribution in [0.15, 0.2) is 36.5 Å². The van der Waals surface area contributed by atoms with Gasteiger partial charge in [-0.05, 0) is 36.8 Å². The number of rotatable bonds is 3. The number of hydrogen-bond acceptors (Lipinski definition) is 4. The van der Waals surface area contributed by atoms with Gasteiger partial charge in [0.2, 0.25) is 0 Å². The van der Waals surface area contributed by atoms with Crippen molar-refractivity contribution in [3.05, 3.63) is 47.7 Å². The summed E-state index contributed by atoms with van der Waals surface area (Å²) < 4.78 is 4.96. The van der Waals surface area contributed by atoms with E-state index >= 15 is 0 Å². The fraction of sp³-hybridized carbons (Fsp3) is 0.143. The Bertz CT molecular complexity index is 594.